The molecule has 0 saturated carbocycles. The summed E-state index contributed by atoms with van der Waals surface area (Å²) in [5, 5.41) is 8.65. The van der Waals surface area contributed by atoms with Crippen molar-refractivity contribution >= 4 is 11.8 Å². The fourth-order valence-electron chi connectivity index (χ4n) is 2.81. The molecule has 0 aromatic heterocycles. The highest BCUT2D eigenvalue weighted by molar-refractivity contribution is 6.07. The third kappa shape index (κ3) is 0.689. The van der Waals surface area contributed by atoms with Crippen LogP contribution in [0.4, 0.5) is 0 Å². The van der Waals surface area contributed by atoms with Crippen molar-refractivity contribution in [3.63, 3.8) is 0 Å². The van der Waals surface area contributed by atoms with Crippen LogP contribution in [0.1, 0.15) is 12.8 Å². The van der Waals surface area contributed by atoms with Gasteiger partial charge in [0.1, 0.15) is 0 Å². The summed E-state index contributed by atoms with van der Waals surface area (Å²) in [5.41, 5.74) is 0. The van der Waals surface area contributed by atoms with E-state index in [4.69, 9.17) is 10.00 Å². The number of ether oxygens (including phenoxy) is 1. The van der Waals surface area contributed by atoms with Crippen LogP contribution in [0.5, 0.6) is 0 Å². The standard InChI is InChI=1S/C9H8N2O3/c10-3-11-8(12)6-4-1-2-5(14-4)7(6)9(11)13/h4-7H,1-2H2. The maximum Gasteiger partial charge on any atom is 0.249 e. The van der Waals surface area contributed by atoms with Crippen molar-refractivity contribution in [2.75, 3.05) is 0 Å². The molecule has 2 amide bonds. The number of carbonyl (C=O) groups excluding carboxylic acids is 2. The molecule has 14 heavy (non-hydrogen) atoms. The van der Waals surface area contributed by atoms with E-state index < -0.39 is 0 Å². The average molecular weight is 192 g/mol. The van der Waals surface area contributed by atoms with Gasteiger partial charge in [-0.25, -0.2) is 0 Å². The predicted octanol–water partition coefficient (Wildman–Crippen LogP) is -0.370. The van der Waals surface area contributed by atoms with Gasteiger partial charge in [0, 0.05) is 0 Å². The molecule has 3 heterocycles. The fraction of sp³-hybridized carbons (Fsp3) is 0.667. The maximum absolute atomic E-state index is 11.6. The van der Waals surface area contributed by atoms with Crippen molar-refractivity contribution in [3.05, 3.63) is 0 Å². The minimum Gasteiger partial charge on any atom is -0.373 e. The van der Waals surface area contributed by atoms with E-state index >= 15 is 0 Å². The first-order valence-corrected chi connectivity index (χ1v) is 4.67. The van der Waals surface area contributed by atoms with Crippen LogP contribution in [0.3, 0.4) is 0 Å². The van der Waals surface area contributed by atoms with E-state index in [2.05, 4.69) is 0 Å². The molecule has 3 rings (SSSR count). The molecule has 3 aliphatic heterocycles. The first-order valence-electron chi connectivity index (χ1n) is 4.67. The van der Waals surface area contributed by atoms with Gasteiger partial charge >= 0.3 is 0 Å². The number of imide groups is 1. The van der Waals surface area contributed by atoms with Gasteiger partial charge in [-0.3, -0.25) is 9.59 Å². The van der Waals surface area contributed by atoms with E-state index in [9.17, 15) is 9.59 Å². The van der Waals surface area contributed by atoms with Crippen LogP contribution < -0.4 is 0 Å². The van der Waals surface area contributed by atoms with Gasteiger partial charge in [-0.05, 0) is 12.8 Å². The highest BCUT2D eigenvalue weighted by atomic mass is 16.5. The predicted molar refractivity (Wildman–Crippen MR) is 42.3 cm³/mol. The Hall–Kier alpha value is -1.41. The Bertz CT molecular complexity index is 345. The molecule has 0 radical (unpaired) electrons. The Morgan fingerprint density at radius 2 is 1.71 bits per heavy atom. The quantitative estimate of drug-likeness (QED) is 0.388. The highest BCUT2D eigenvalue weighted by Crippen LogP contribution is 2.48. The lowest BCUT2D eigenvalue weighted by atomic mass is 9.81. The molecule has 3 aliphatic rings. The first kappa shape index (κ1) is 7.94. The number of hydrogen-bond donors (Lipinski definition) is 0. The minimum atomic E-state index is -0.374. The second-order valence-corrected chi connectivity index (χ2v) is 3.95. The van der Waals surface area contributed by atoms with E-state index in [1.807, 2.05) is 0 Å². The monoisotopic (exact) mass is 192 g/mol. The lowest BCUT2D eigenvalue weighted by molar-refractivity contribution is -0.138. The van der Waals surface area contributed by atoms with Gasteiger partial charge in [0.2, 0.25) is 11.8 Å². The molecule has 5 nitrogen and oxygen atoms in total. The Labute approximate surface area is 80.2 Å². The van der Waals surface area contributed by atoms with E-state index in [0.29, 0.717) is 4.90 Å². The molecule has 0 N–H and O–H groups in total. The third-order valence-corrected chi connectivity index (χ3v) is 3.38. The zero-order chi connectivity index (χ0) is 9.87. The molecule has 5 heteroatoms. The summed E-state index contributed by atoms with van der Waals surface area (Å²) in [6.07, 6.45) is 3.06. The smallest absolute Gasteiger partial charge is 0.249 e. The second kappa shape index (κ2) is 2.34. The van der Waals surface area contributed by atoms with Crippen LogP contribution in [0.15, 0.2) is 0 Å². The van der Waals surface area contributed by atoms with Gasteiger partial charge in [0.15, 0.2) is 6.19 Å². The van der Waals surface area contributed by atoms with Crippen LogP contribution in [0.2, 0.25) is 0 Å². The Kier molecular flexibility index (Phi) is 1.33. The summed E-state index contributed by atoms with van der Waals surface area (Å²) in [6, 6.07) is 0. The van der Waals surface area contributed by atoms with Crippen molar-refractivity contribution in [2.24, 2.45) is 11.8 Å². The summed E-state index contributed by atoms with van der Waals surface area (Å²) < 4.78 is 5.50. The molecular formula is C9H8N2O3. The van der Waals surface area contributed by atoms with E-state index in [0.717, 1.165) is 12.8 Å². The molecule has 2 bridgehead atoms. The van der Waals surface area contributed by atoms with Gasteiger partial charge in [0.25, 0.3) is 0 Å². The molecule has 72 valence electrons. The van der Waals surface area contributed by atoms with E-state index in [1.165, 1.54) is 0 Å². The molecule has 4 atom stereocenters. The largest absolute Gasteiger partial charge is 0.373 e. The van der Waals surface area contributed by atoms with Crippen molar-refractivity contribution in [2.45, 2.75) is 25.0 Å². The minimum absolute atomic E-state index is 0.125. The summed E-state index contributed by atoms with van der Waals surface area (Å²) in [5.74, 6) is -1.48. The van der Waals surface area contributed by atoms with Crippen LogP contribution in [0.25, 0.3) is 0 Å². The van der Waals surface area contributed by atoms with Crippen molar-refractivity contribution < 1.29 is 14.3 Å². The SMILES string of the molecule is N#CN1C(=O)C2C3CCC(O3)C2C1=O. The van der Waals surface area contributed by atoms with Crippen molar-refractivity contribution in [1.29, 1.82) is 5.26 Å². The molecule has 4 unspecified atom stereocenters. The normalized spacial score (nSPS) is 44.4. The first-order chi connectivity index (χ1) is 6.74. The van der Waals surface area contributed by atoms with Crippen LogP contribution in [-0.4, -0.2) is 28.9 Å². The number of nitriles is 1. The molecule has 0 aliphatic carbocycles. The zero-order valence-corrected chi connectivity index (χ0v) is 7.34. The molecule has 0 aromatic carbocycles. The lowest BCUT2D eigenvalue weighted by Crippen LogP contribution is -2.29. The summed E-state index contributed by atoms with van der Waals surface area (Å²) >= 11 is 0. The topological polar surface area (TPSA) is 70.4 Å². The van der Waals surface area contributed by atoms with Crippen molar-refractivity contribution in [1.82, 2.24) is 4.90 Å². The third-order valence-electron chi connectivity index (χ3n) is 3.38. The van der Waals surface area contributed by atoms with Gasteiger partial charge in [-0.2, -0.15) is 10.2 Å². The number of hydrogen-bond acceptors (Lipinski definition) is 4. The van der Waals surface area contributed by atoms with E-state index in [1.54, 1.807) is 6.19 Å². The number of likely N-dealkylation sites (tertiary alicyclic amines) is 1. The molecule has 0 spiro atoms. The molecular weight excluding hydrogens is 184 g/mol. The molecule has 0 aromatic rings. The summed E-state index contributed by atoms with van der Waals surface area (Å²) in [7, 11) is 0. The number of fused-ring (bicyclic) bond motifs is 5. The second-order valence-electron chi connectivity index (χ2n) is 3.95. The lowest BCUT2D eigenvalue weighted by Gasteiger charge is -2.14. The van der Waals surface area contributed by atoms with E-state index in [-0.39, 0.29) is 35.9 Å². The zero-order valence-electron chi connectivity index (χ0n) is 7.34. The van der Waals surface area contributed by atoms with Crippen LogP contribution >= 0.6 is 0 Å². The fourth-order valence-corrected chi connectivity index (χ4v) is 2.81. The highest BCUT2D eigenvalue weighted by Gasteiger charge is 2.62. The van der Waals surface area contributed by atoms with Gasteiger partial charge in [-0.15, -0.1) is 0 Å². The van der Waals surface area contributed by atoms with Crippen LogP contribution in [-0.2, 0) is 14.3 Å². The van der Waals surface area contributed by atoms with Gasteiger partial charge in [-0.1, -0.05) is 0 Å². The summed E-state index contributed by atoms with van der Waals surface area (Å²) in [6.45, 7) is 0. The van der Waals surface area contributed by atoms with Gasteiger partial charge in [0.05, 0.1) is 24.0 Å². The Balaban J connectivity index is 2.03. The number of carbonyl (C=O) groups is 2. The Morgan fingerprint density at radius 3 is 2.14 bits per heavy atom. The molecule has 3 saturated heterocycles. The average Bonchev–Trinajstić information content (AvgIpc) is 2.80. The maximum atomic E-state index is 11.6. The summed E-state index contributed by atoms with van der Waals surface area (Å²) in [4.78, 5) is 23.9. The van der Waals surface area contributed by atoms with Gasteiger partial charge < -0.3 is 4.74 Å². The van der Waals surface area contributed by atoms with Crippen molar-refractivity contribution in [3.8, 4) is 6.19 Å². The van der Waals surface area contributed by atoms with Crippen LogP contribution in [0, 0.1) is 23.3 Å². The molecule has 3 fully saturated rings. The number of amides is 2. The number of rotatable bonds is 0. The number of nitrogens with zero attached hydrogens (tertiary/aromatic N) is 2. The Morgan fingerprint density at radius 1 is 1.21 bits per heavy atom.